The van der Waals surface area contributed by atoms with E-state index in [1.165, 1.54) is 5.56 Å². The van der Waals surface area contributed by atoms with Gasteiger partial charge in [0.2, 0.25) is 0 Å². The molecule has 1 heterocycles. The lowest BCUT2D eigenvalue weighted by Crippen LogP contribution is -1.71. The summed E-state index contributed by atoms with van der Waals surface area (Å²) in [4.78, 5) is 0. The van der Waals surface area contributed by atoms with Gasteiger partial charge in [0.05, 0.1) is 6.26 Å². The van der Waals surface area contributed by atoms with Crippen LogP contribution >= 0.6 is 34.2 Å². The lowest BCUT2D eigenvalue weighted by molar-refractivity contribution is 0.613. The number of halogens is 2. The highest BCUT2D eigenvalue weighted by Gasteiger charge is 2.03. The molecule has 2 rings (SSSR count). The lowest BCUT2D eigenvalue weighted by Gasteiger charge is -1.91. The molecule has 0 N–H and O–H groups in total. The van der Waals surface area contributed by atoms with Crippen LogP contribution in [0.4, 0.5) is 0 Å². The van der Waals surface area contributed by atoms with Crippen molar-refractivity contribution in [3.05, 3.63) is 35.0 Å². The van der Waals surface area contributed by atoms with E-state index in [0.717, 1.165) is 20.4 Å². The van der Waals surface area contributed by atoms with Crippen molar-refractivity contribution in [1.82, 2.24) is 0 Å². The van der Waals surface area contributed by atoms with Gasteiger partial charge in [-0.2, -0.15) is 0 Å². The van der Waals surface area contributed by atoms with E-state index in [0.29, 0.717) is 0 Å². The minimum absolute atomic E-state index is 0.759. The molecule has 0 aliphatic carbocycles. The van der Waals surface area contributed by atoms with Gasteiger partial charge in [0.15, 0.2) is 0 Å². The van der Waals surface area contributed by atoms with Crippen LogP contribution in [0.5, 0.6) is 0 Å². The van der Waals surface area contributed by atoms with E-state index in [1.807, 2.05) is 18.2 Å². The minimum Gasteiger partial charge on any atom is -0.464 e. The monoisotopic (exact) mass is 292 g/mol. The predicted octanol–water partition coefficient (Wildman–Crippen LogP) is 4.02. The maximum atomic E-state index is 5.86. The van der Waals surface area contributed by atoms with Gasteiger partial charge in [-0.25, -0.2) is 0 Å². The molecule has 0 amide bonds. The van der Waals surface area contributed by atoms with Gasteiger partial charge in [0.25, 0.3) is 0 Å². The summed E-state index contributed by atoms with van der Waals surface area (Å²) in [5.74, 6) is 0. The topological polar surface area (TPSA) is 13.1 Å². The number of hydrogen-bond donors (Lipinski definition) is 0. The maximum Gasteiger partial charge on any atom is 0.134 e. The van der Waals surface area contributed by atoms with Gasteiger partial charge >= 0.3 is 0 Å². The van der Waals surface area contributed by atoms with Crippen molar-refractivity contribution >= 4 is 45.2 Å². The molecule has 3 heteroatoms. The number of fused-ring (bicyclic) bond motifs is 1. The highest BCUT2D eigenvalue weighted by atomic mass is 127. The largest absolute Gasteiger partial charge is 0.464 e. The van der Waals surface area contributed by atoms with Crippen molar-refractivity contribution in [1.29, 1.82) is 0 Å². The van der Waals surface area contributed by atoms with Crippen LogP contribution in [-0.4, -0.2) is 0 Å². The first-order valence-electron chi connectivity index (χ1n) is 3.53. The zero-order valence-corrected chi connectivity index (χ0v) is 9.09. The number of hydrogen-bond acceptors (Lipinski definition) is 1. The van der Waals surface area contributed by atoms with Crippen molar-refractivity contribution < 1.29 is 4.42 Å². The molecule has 0 fully saturated rings. The second-order valence-corrected chi connectivity index (χ2v) is 3.73. The van der Waals surface area contributed by atoms with E-state index >= 15 is 0 Å². The Morgan fingerprint density at radius 2 is 2.25 bits per heavy atom. The molecule has 0 saturated carbocycles. The maximum absolute atomic E-state index is 5.86. The smallest absolute Gasteiger partial charge is 0.134 e. The van der Waals surface area contributed by atoms with Gasteiger partial charge in [0.1, 0.15) is 5.58 Å². The van der Waals surface area contributed by atoms with Crippen LogP contribution in [0.25, 0.3) is 11.0 Å². The van der Waals surface area contributed by atoms with E-state index in [4.69, 9.17) is 16.0 Å². The van der Waals surface area contributed by atoms with Crippen LogP contribution in [0.1, 0.15) is 5.56 Å². The second kappa shape index (κ2) is 3.26. The lowest BCUT2D eigenvalue weighted by atomic mass is 10.2. The summed E-state index contributed by atoms with van der Waals surface area (Å²) >= 11 is 8.17. The first kappa shape index (κ1) is 8.38. The molecule has 0 aliphatic heterocycles. The molecule has 0 atom stereocenters. The van der Waals surface area contributed by atoms with Crippen molar-refractivity contribution in [3.8, 4) is 0 Å². The summed E-state index contributed by atoms with van der Waals surface area (Å²) in [5.41, 5.74) is 2.11. The molecule has 12 heavy (non-hydrogen) atoms. The Balaban J connectivity index is 2.75. The molecular weight excluding hydrogens is 286 g/mol. The van der Waals surface area contributed by atoms with Crippen molar-refractivity contribution in [3.63, 3.8) is 0 Å². The number of alkyl halides is 1. The molecule has 0 radical (unpaired) electrons. The van der Waals surface area contributed by atoms with Crippen LogP contribution in [0.2, 0.25) is 5.02 Å². The summed E-state index contributed by atoms with van der Waals surface area (Å²) < 4.78 is 6.28. The molecule has 0 saturated heterocycles. The zero-order valence-electron chi connectivity index (χ0n) is 6.18. The first-order valence-corrected chi connectivity index (χ1v) is 5.43. The van der Waals surface area contributed by atoms with Crippen LogP contribution < -0.4 is 0 Å². The van der Waals surface area contributed by atoms with Crippen LogP contribution in [0.3, 0.4) is 0 Å². The van der Waals surface area contributed by atoms with Gasteiger partial charge in [-0.3, -0.25) is 0 Å². The Kier molecular flexibility index (Phi) is 2.28. The summed E-state index contributed by atoms with van der Waals surface area (Å²) in [6, 6.07) is 5.67. The van der Waals surface area contributed by atoms with E-state index in [9.17, 15) is 0 Å². The third-order valence-electron chi connectivity index (χ3n) is 1.76. The van der Waals surface area contributed by atoms with Gasteiger partial charge in [-0.1, -0.05) is 34.2 Å². The van der Waals surface area contributed by atoms with Gasteiger partial charge < -0.3 is 4.42 Å². The van der Waals surface area contributed by atoms with Gasteiger partial charge in [-0.15, -0.1) is 0 Å². The summed E-state index contributed by atoms with van der Waals surface area (Å²) in [6.07, 6.45) is 1.79. The molecule has 0 unspecified atom stereocenters. The van der Waals surface area contributed by atoms with E-state index in [-0.39, 0.29) is 0 Å². The molecular formula is C9H6ClIO. The molecule has 0 bridgehead atoms. The number of furan rings is 1. The fourth-order valence-electron chi connectivity index (χ4n) is 1.16. The molecule has 1 aromatic carbocycles. The summed E-state index contributed by atoms with van der Waals surface area (Å²) in [7, 11) is 0. The van der Waals surface area contributed by atoms with E-state index in [2.05, 4.69) is 22.6 Å². The first-order chi connectivity index (χ1) is 5.81. The van der Waals surface area contributed by atoms with E-state index < -0.39 is 0 Å². The highest BCUT2D eigenvalue weighted by Crippen LogP contribution is 2.25. The Morgan fingerprint density at radius 3 is 3.00 bits per heavy atom. The molecule has 0 spiro atoms. The quantitative estimate of drug-likeness (QED) is 0.571. The van der Waals surface area contributed by atoms with E-state index in [1.54, 1.807) is 6.26 Å². The Morgan fingerprint density at radius 1 is 1.42 bits per heavy atom. The number of benzene rings is 1. The third kappa shape index (κ3) is 1.33. The third-order valence-corrected chi connectivity index (χ3v) is 2.82. The molecule has 1 aromatic heterocycles. The SMILES string of the molecule is Clc1ccc2occ(CI)c2c1. The average molecular weight is 293 g/mol. The normalized spacial score (nSPS) is 10.8. The second-order valence-electron chi connectivity index (χ2n) is 2.54. The van der Waals surface area contributed by atoms with Crippen molar-refractivity contribution in [2.45, 2.75) is 4.43 Å². The van der Waals surface area contributed by atoms with Crippen molar-refractivity contribution in [2.24, 2.45) is 0 Å². The van der Waals surface area contributed by atoms with Gasteiger partial charge in [0, 0.05) is 20.4 Å². The Hall–Kier alpha value is -0.220. The summed E-state index contributed by atoms with van der Waals surface area (Å²) in [6.45, 7) is 0. The van der Waals surface area contributed by atoms with Gasteiger partial charge in [-0.05, 0) is 18.2 Å². The standard InChI is InChI=1S/C9H6ClIO/c10-7-1-2-9-8(3-7)6(4-11)5-12-9/h1-3,5H,4H2. The Bertz CT molecular complexity index is 408. The van der Waals surface area contributed by atoms with Crippen molar-refractivity contribution in [2.75, 3.05) is 0 Å². The van der Waals surface area contributed by atoms with Crippen LogP contribution in [0, 0.1) is 0 Å². The fraction of sp³-hybridized carbons (Fsp3) is 0.111. The number of rotatable bonds is 1. The average Bonchev–Trinajstić information content (AvgIpc) is 2.46. The predicted molar refractivity (Wildman–Crippen MR) is 58.9 cm³/mol. The Labute approximate surface area is 88.8 Å². The zero-order chi connectivity index (χ0) is 8.55. The molecule has 2 aromatic rings. The molecule has 1 nitrogen and oxygen atoms in total. The van der Waals surface area contributed by atoms with Crippen LogP contribution in [0.15, 0.2) is 28.9 Å². The summed E-state index contributed by atoms with van der Waals surface area (Å²) in [5, 5.41) is 1.88. The molecule has 62 valence electrons. The molecule has 0 aliphatic rings. The minimum atomic E-state index is 0.759. The highest BCUT2D eigenvalue weighted by molar-refractivity contribution is 14.1. The van der Waals surface area contributed by atoms with Crippen LogP contribution in [-0.2, 0) is 4.43 Å². The fourth-order valence-corrected chi connectivity index (χ4v) is 1.92.